The fraction of sp³-hybridized carbons (Fsp3) is 0.444. The average molecular weight is 583 g/mol. The lowest BCUT2D eigenvalue weighted by atomic mass is 10.2. The van der Waals surface area contributed by atoms with Gasteiger partial charge in [-0.1, -0.05) is 0 Å². The Morgan fingerprint density at radius 2 is 1.85 bits per heavy atom. The summed E-state index contributed by atoms with van der Waals surface area (Å²) >= 11 is 0. The Morgan fingerprint density at radius 1 is 1.12 bits per heavy atom. The number of amides is 1. The number of anilines is 1. The molecule has 218 valence electrons. The van der Waals surface area contributed by atoms with Crippen molar-refractivity contribution in [2.45, 2.75) is 51.2 Å². The lowest BCUT2D eigenvalue weighted by molar-refractivity contribution is 0.0192. The van der Waals surface area contributed by atoms with E-state index in [1.54, 1.807) is 46.0 Å². The normalized spacial score (nSPS) is 14.4. The van der Waals surface area contributed by atoms with Gasteiger partial charge in [0, 0.05) is 50.5 Å². The van der Waals surface area contributed by atoms with Gasteiger partial charge >= 0.3 is 6.09 Å². The van der Waals surface area contributed by atoms with Crippen molar-refractivity contribution in [2.75, 3.05) is 38.5 Å². The highest BCUT2D eigenvalue weighted by molar-refractivity contribution is 7.89. The monoisotopic (exact) mass is 582 g/mol. The number of ether oxygens (including phenoxy) is 2. The number of aromatic nitrogens is 4. The predicted octanol–water partition coefficient (Wildman–Crippen LogP) is 3.64. The molecule has 2 aromatic carbocycles. The number of sulfonamides is 1. The fourth-order valence-corrected chi connectivity index (χ4v) is 5.87. The molecule has 0 unspecified atom stereocenters. The standard InChI is InChI=1S/C27H34N8O5S/c1-19-15-21(29-5)18-22(16-19)39-23-8-7-20(25-30-31-32-35(25)10-6-9-28)17-24(23)41(37,38)34-13-11-33(12-14-34)26(36)40-27(2,3)4/h7-8,15-18,29H,6,10-14H2,1-5H3. The Morgan fingerprint density at radius 3 is 2.51 bits per heavy atom. The highest BCUT2D eigenvalue weighted by Crippen LogP contribution is 2.36. The maximum Gasteiger partial charge on any atom is 0.410 e. The van der Waals surface area contributed by atoms with Crippen molar-refractivity contribution < 1.29 is 22.7 Å². The molecule has 13 nitrogen and oxygen atoms in total. The number of benzene rings is 2. The highest BCUT2D eigenvalue weighted by Gasteiger charge is 2.34. The SMILES string of the molecule is CNc1cc(C)cc(Oc2ccc(-c3nnnn3CCC#N)cc2S(=O)(=O)N2CCN(C(=O)OC(C)(C)C)CC2)c1. The first-order chi connectivity index (χ1) is 19.4. The molecule has 1 aliphatic heterocycles. The van der Waals surface area contributed by atoms with Gasteiger partial charge in [0.15, 0.2) is 5.82 Å². The van der Waals surface area contributed by atoms with Crippen LogP contribution in [0.1, 0.15) is 32.8 Å². The Labute approximate surface area is 239 Å². The van der Waals surface area contributed by atoms with Crippen molar-refractivity contribution in [2.24, 2.45) is 0 Å². The van der Waals surface area contributed by atoms with Gasteiger partial charge in [0.25, 0.3) is 0 Å². The number of aryl methyl sites for hydroxylation is 2. The molecule has 0 atom stereocenters. The molecule has 0 spiro atoms. The van der Waals surface area contributed by atoms with Gasteiger partial charge in [-0.3, -0.25) is 0 Å². The third kappa shape index (κ3) is 7.11. The molecule has 0 saturated carbocycles. The van der Waals surface area contributed by atoms with Crippen LogP contribution in [0.5, 0.6) is 11.5 Å². The first-order valence-corrected chi connectivity index (χ1v) is 14.6. The van der Waals surface area contributed by atoms with E-state index in [1.807, 2.05) is 19.1 Å². The lowest BCUT2D eigenvalue weighted by Gasteiger charge is -2.35. The molecule has 1 aromatic heterocycles. The zero-order valence-corrected chi connectivity index (χ0v) is 24.6. The van der Waals surface area contributed by atoms with Crippen LogP contribution < -0.4 is 10.1 Å². The summed E-state index contributed by atoms with van der Waals surface area (Å²) in [5, 5.41) is 23.8. The predicted molar refractivity (Wildman–Crippen MR) is 151 cm³/mol. The molecular formula is C27H34N8O5S. The highest BCUT2D eigenvalue weighted by atomic mass is 32.2. The summed E-state index contributed by atoms with van der Waals surface area (Å²) in [5.41, 5.74) is 1.55. The van der Waals surface area contributed by atoms with Crippen LogP contribution in [0.2, 0.25) is 0 Å². The quantitative estimate of drug-likeness (QED) is 0.416. The van der Waals surface area contributed by atoms with E-state index in [-0.39, 0.29) is 49.8 Å². The number of carbonyl (C=O) groups is 1. The average Bonchev–Trinajstić information content (AvgIpc) is 3.39. The Hall–Kier alpha value is -4.22. The Bertz CT molecular complexity index is 1550. The molecule has 0 bridgehead atoms. The van der Waals surface area contributed by atoms with Crippen LogP contribution in [0.3, 0.4) is 0 Å². The molecule has 14 heteroatoms. The van der Waals surface area contributed by atoms with Gasteiger partial charge in [0.1, 0.15) is 22.0 Å². The zero-order chi connectivity index (χ0) is 29.8. The van der Waals surface area contributed by atoms with Gasteiger partial charge in [0.05, 0.1) is 19.0 Å². The van der Waals surface area contributed by atoms with E-state index in [4.69, 9.17) is 14.7 Å². The first-order valence-electron chi connectivity index (χ1n) is 13.1. The summed E-state index contributed by atoms with van der Waals surface area (Å²) in [7, 11) is -2.29. The summed E-state index contributed by atoms with van der Waals surface area (Å²) in [6.45, 7) is 8.04. The second-order valence-corrected chi connectivity index (χ2v) is 12.5. The third-order valence-electron chi connectivity index (χ3n) is 6.24. The summed E-state index contributed by atoms with van der Waals surface area (Å²) in [4.78, 5) is 14.0. The van der Waals surface area contributed by atoms with Gasteiger partial charge in [-0.25, -0.2) is 17.9 Å². The van der Waals surface area contributed by atoms with Crippen LogP contribution in [0.15, 0.2) is 41.3 Å². The van der Waals surface area contributed by atoms with E-state index in [1.165, 1.54) is 20.0 Å². The van der Waals surface area contributed by atoms with E-state index in [0.717, 1.165) is 11.3 Å². The van der Waals surface area contributed by atoms with Crippen molar-refractivity contribution in [3.05, 3.63) is 42.0 Å². The molecule has 0 aliphatic carbocycles. The maximum atomic E-state index is 14.1. The smallest absolute Gasteiger partial charge is 0.410 e. The number of nitriles is 1. The van der Waals surface area contributed by atoms with Gasteiger partial charge in [0.2, 0.25) is 10.0 Å². The van der Waals surface area contributed by atoms with Gasteiger partial charge < -0.3 is 19.7 Å². The number of rotatable bonds is 8. The number of piperazine rings is 1. The van der Waals surface area contributed by atoms with Crippen molar-refractivity contribution in [1.29, 1.82) is 5.26 Å². The van der Waals surface area contributed by atoms with Gasteiger partial charge in [-0.05, 0) is 74.0 Å². The molecular weight excluding hydrogens is 548 g/mol. The molecule has 0 radical (unpaired) electrons. The topological polar surface area (TPSA) is 156 Å². The Balaban J connectivity index is 1.69. The van der Waals surface area contributed by atoms with Crippen molar-refractivity contribution >= 4 is 21.8 Å². The molecule has 3 aromatic rings. The zero-order valence-electron chi connectivity index (χ0n) is 23.8. The van der Waals surface area contributed by atoms with Crippen LogP contribution in [-0.4, -0.2) is 82.8 Å². The van der Waals surface area contributed by atoms with Crippen LogP contribution in [0, 0.1) is 18.3 Å². The molecule has 4 rings (SSSR count). The van der Waals surface area contributed by atoms with Crippen molar-refractivity contribution in [3.63, 3.8) is 0 Å². The van der Waals surface area contributed by atoms with Crippen molar-refractivity contribution in [3.8, 4) is 29.0 Å². The molecule has 1 amide bonds. The van der Waals surface area contributed by atoms with Gasteiger partial charge in [-0.2, -0.15) is 9.57 Å². The largest absolute Gasteiger partial charge is 0.456 e. The number of nitrogens with zero attached hydrogens (tertiary/aromatic N) is 7. The van der Waals surface area contributed by atoms with Crippen LogP contribution in [0.4, 0.5) is 10.5 Å². The van der Waals surface area contributed by atoms with E-state index in [9.17, 15) is 13.2 Å². The third-order valence-corrected chi connectivity index (χ3v) is 8.16. The number of nitrogens with one attached hydrogen (secondary N) is 1. The van der Waals surface area contributed by atoms with Crippen molar-refractivity contribution in [1.82, 2.24) is 29.4 Å². The summed E-state index contributed by atoms with van der Waals surface area (Å²) in [6, 6.07) is 12.3. The minimum absolute atomic E-state index is 0.0666. The summed E-state index contributed by atoms with van der Waals surface area (Å²) in [5.74, 6) is 0.921. The second-order valence-electron chi connectivity index (χ2n) is 10.6. The lowest BCUT2D eigenvalue weighted by Crippen LogP contribution is -2.51. The Kier molecular flexibility index (Phi) is 8.79. The number of hydrogen-bond acceptors (Lipinski definition) is 10. The van der Waals surface area contributed by atoms with Gasteiger partial charge in [-0.15, -0.1) is 5.10 Å². The second kappa shape index (κ2) is 12.1. The van der Waals surface area contributed by atoms with Crippen LogP contribution in [-0.2, 0) is 21.3 Å². The molecule has 1 fully saturated rings. The summed E-state index contributed by atoms with van der Waals surface area (Å²) < 4.78 is 42.5. The van der Waals surface area contributed by atoms with E-state index in [0.29, 0.717) is 17.1 Å². The van der Waals surface area contributed by atoms with E-state index in [2.05, 4.69) is 26.9 Å². The van der Waals surface area contributed by atoms with E-state index < -0.39 is 21.7 Å². The maximum absolute atomic E-state index is 14.1. The van der Waals surface area contributed by atoms with Crippen LogP contribution >= 0.6 is 0 Å². The first kappa shape index (κ1) is 29.8. The number of hydrogen-bond donors (Lipinski definition) is 1. The minimum atomic E-state index is -4.08. The number of tetrazole rings is 1. The number of carbonyl (C=O) groups excluding carboxylic acids is 1. The van der Waals surface area contributed by atoms with Crippen LogP contribution in [0.25, 0.3) is 11.4 Å². The molecule has 41 heavy (non-hydrogen) atoms. The summed E-state index contributed by atoms with van der Waals surface area (Å²) in [6.07, 6.45) is -0.294. The fourth-order valence-electron chi connectivity index (χ4n) is 4.31. The minimum Gasteiger partial charge on any atom is -0.456 e. The molecule has 1 N–H and O–H groups in total. The molecule has 1 aliphatic rings. The molecule has 2 heterocycles. The van der Waals surface area contributed by atoms with E-state index >= 15 is 0 Å². The molecule has 1 saturated heterocycles.